The molecular formula is C22H24N2O6. The number of benzene rings is 2. The van der Waals surface area contributed by atoms with Crippen molar-refractivity contribution in [1.82, 2.24) is 5.32 Å². The number of fused-ring (bicyclic) bond motifs is 1. The molecule has 0 fully saturated rings. The molecule has 1 aliphatic rings. The van der Waals surface area contributed by atoms with E-state index in [2.05, 4.69) is 10.6 Å². The molecule has 0 spiro atoms. The number of amides is 2. The maximum Gasteiger partial charge on any atom is 0.308 e. The molecular weight excluding hydrogens is 388 g/mol. The minimum Gasteiger partial charge on any atom is -0.497 e. The lowest BCUT2D eigenvalue weighted by atomic mass is 10.0. The lowest BCUT2D eigenvalue weighted by Crippen LogP contribution is -2.31. The van der Waals surface area contributed by atoms with Crippen LogP contribution < -0.4 is 20.1 Å². The summed E-state index contributed by atoms with van der Waals surface area (Å²) in [6, 6.07) is 11.3. The number of anilines is 1. The number of esters is 1. The van der Waals surface area contributed by atoms with Crippen LogP contribution >= 0.6 is 0 Å². The van der Waals surface area contributed by atoms with Crippen molar-refractivity contribution in [2.45, 2.75) is 32.4 Å². The highest BCUT2D eigenvalue weighted by molar-refractivity contribution is 5.99. The average molecular weight is 412 g/mol. The Morgan fingerprint density at radius 2 is 1.90 bits per heavy atom. The van der Waals surface area contributed by atoms with Crippen molar-refractivity contribution in [3.63, 3.8) is 0 Å². The number of carbonyl (C=O) groups is 3. The quantitative estimate of drug-likeness (QED) is 0.678. The van der Waals surface area contributed by atoms with Crippen LogP contribution in [0.3, 0.4) is 0 Å². The van der Waals surface area contributed by atoms with E-state index in [4.69, 9.17) is 14.2 Å². The van der Waals surface area contributed by atoms with Crippen molar-refractivity contribution in [1.29, 1.82) is 0 Å². The van der Waals surface area contributed by atoms with Gasteiger partial charge < -0.3 is 24.8 Å². The van der Waals surface area contributed by atoms with Gasteiger partial charge in [0.2, 0.25) is 0 Å². The topological polar surface area (TPSA) is 103 Å². The number of methoxy groups -OCH3 is 1. The van der Waals surface area contributed by atoms with Gasteiger partial charge in [-0.1, -0.05) is 12.1 Å². The van der Waals surface area contributed by atoms with E-state index in [0.29, 0.717) is 22.7 Å². The zero-order valence-corrected chi connectivity index (χ0v) is 17.1. The second-order valence-corrected chi connectivity index (χ2v) is 7.09. The summed E-state index contributed by atoms with van der Waals surface area (Å²) < 4.78 is 15.8. The van der Waals surface area contributed by atoms with Crippen molar-refractivity contribution < 1.29 is 28.6 Å². The molecule has 0 bridgehead atoms. The van der Waals surface area contributed by atoms with Crippen molar-refractivity contribution in [3.8, 4) is 11.5 Å². The van der Waals surface area contributed by atoms with Gasteiger partial charge in [0.15, 0.2) is 6.61 Å². The summed E-state index contributed by atoms with van der Waals surface area (Å²) in [5, 5.41) is 5.56. The van der Waals surface area contributed by atoms with Gasteiger partial charge in [0.1, 0.15) is 11.5 Å². The molecule has 0 saturated heterocycles. The third-order valence-electron chi connectivity index (χ3n) is 4.44. The molecule has 2 aromatic rings. The van der Waals surface area contributed by atoms with Gasteiger partial charge in [-0.15, -0.1) is 0 Å². The van der Waals surface area contributed by atoms with E-state index < -0.39 is 12.0 Å². The molecule has 158 valence electrons. The maximum atomic E-state index is 12.9. The fraction of sp³-hybridized carbons (Fsp3) is 0.318. The second-order valence-electron chi connectivity index (χ2n) is 7.09. The summed E-state index contributed by atoms with van der Waals surface area (Å²) in [7, 11) is 1.56. The van der Waals surface area contributed by atoms with E-state index in [-0.39, 0.29) is 30.9 Å². The highest BCUT2D eigenvalue weighted by Crippen LogP contribution is 2.29. The van der Waals surface area contributed by atoms with Crippen LogP contribution in [0.5, 0.6) is 11.5 Å². The van der Waals surface area contributed by atoms with Gasteiger partial charge in [-0.25, -0.2) is 0 Å². The average Bonchev–Trinajstić information content (AvgIpc) is 2.72. The number of nitrogens with one attached hydrogen (secondary N) is 2. The molecule has 1 heterocycles. The third kappa shape index (κ3) is 5.28. The van der Waals surface area contributed by atoms with E-state index >= 15 is 0 Å². The summed E-state index contributed by atoms with van der Waals surface area (Å²) >= 11 is 0. The molecule has 2 aromatic carbocycles. The third-order valence-corrected chi connectivity index (χ3v) is 4.44. The van der Waals surface area contributed by atoms with Crippen LogP contribution in [-0.4, -0.2) is 37.6 Å². The number of ether oxygens (including phenoxy) is 3. The Morgan fingerprint density at radius 1 is 1.17 bits per heavy atom. The number of hydrogen-bond acceptors (Lipinski definition) is 6. The lowest BCUT2D eigenvalue weighted by Gasteiger charge is -2.21. The number of rotatable bonds is 7. The van der Waals surface area contributed by atoms with E-state index in [1.165, 1.54) is 0 Å². The first-order valence-corrected chi connectivity index (χ1v) is 9.56. The van der Waals surface area contributed by atoms with Gasteiger partial charge in [0.25, 0.3) is 11.8 Å². The van der Waals surface area contributed by atoms with Crippen LogP contribution in [-0.2, 0) is 14.3 Å². The Labute approximate surface area is 174 Å². The standard InChI is InChI=1S/C22H24N2O6/c1-13(2)30-21(26)11-18(14-4-7-16(28-3)8-5-14)24-22(27)15-6-9-17-19(10-15)29-12-20(25)23-17/h4-10,13,18H,11-12H2,1-3H3,(H,23,25)(H,24,27). The SMILES string of the molecule is COc1ccc(C(CC(=O)OC(C)C)NC(=O)c2ccc3c(c2)OCC(=O)N3)cc1. The largest absolute Gasteiger partial charge is 0.497 e. The smallest absolute Gasteiger partial charge is 0.308 e. The molecule has 3 rings (SSSR count). The van der Waals surface area contributed by atoms with Crippen molar-refractivity contribution >= 4 is 23.5 Å². The van der Waals surface area contributed by atoms with Gasteiger partial charge in [-0.05, 0) is 49.7 Å². The first-order valence-electron chi connectivity index (χ1n) is 9.56. The van der Waals surface area contributed by atoms with E-state index in [9.17, 15) is 14.4 Å². The molecule has 2 N–H and O–H groups in total. The highest BCUT2D eigenvalue weighted by Gasteiger charge is 2.23. The molecule has 1 unspecified atom stereocenters. The molecule has 0 aliphatic carbocycles. The summed E-state index contributed by atoms with van der Waals surface area (Å²) in [4.78, 5) is 36.5. The molecule has 0 saturated carbocycles. The zero-order valence-electron chi connectivity index (χ0n) is 17.1. The van der Waals surface area contributed by atoms with Crippen molar-refractivity contribution in [2.75, 3.05) is 19.0 Å². The predicted octanol–water partition coefficient (Wildman–Crippen LogP) is 2.84. The summed E-state index contributed by atoms with van der Waals surface area (Å²) in [5.74, 6) is 0.0481. The molecule has 0 radical (unpaired) electrons. The minimum absolute atomic E-state index is 0.0201. The Balaban J connectivity index is 1.79. The van der Waals surface area contributed by atoms with Crippen molar-refractivity contribution in [2.24, 2.45) is 0 Å². The van der Waals surface area contributed by atoms with E-state index in [0.717, 1.165) is 5.56 Å². The van der Waals surface area contributed by atoms with Crippen molar-refractivity contribution in [3.05, 3.63) is 53.6 Å². The second kappa shape index (κ2) is 9.30. The summed E-state index contributed by atoms with van der Waals surface area (Å²) in [6.45, 7) is 3.43. The lowest BCUT2D eigenvalue weighted by molar-refractivity contribution is -0.148. The van der Waals surface area contributed by atoms with E-state index in [1.807, 2.05) is 0 Å². The van der Waals surface area contributed by atoms with Crippen LogP contribution in [0, 0.1) is 0 Å². The monoisotopic (exact) mass is 412 g/mol. The Morgan fingerprint density at radius 3 is 2.57 bits per heavy atom. The Bertz CT molecular complexity index is 939. The van der Waals surface area contributed by atoms with Gasteiger partial charge >= 0.3 is 5.97 Å². The fourth-order valence-electron chi connectivity index (χ4n) is 3.02. The molecule has 8 nitrogen and oxygen atoms in total. The van der Waals surface area contributed by atoms with Gasteiger partial charge in [0, 0.05) is 5.56 Å². The number of carbonyl (C=O) groups excluding carboxylic acids is 3. The molecule has 2 amide bonds. The molecule has 8 heteroatoms. The number of hydrogen-bond donors (Lipinski definition) is 2. The molecule has 30 heavy (non-hydrogen) atoms. The molecule has 1 aliphatic heterocycles. The van der Waals surface area contributed by atoms with Gasteiger partial charge in [-0.2, -0.15) is 0 Å². The first-order chi connectivity index (χ1) is 14.4. The Hall–Kier alpha value is -3.55. The summed E-state index contributed by atoms with van der Waals surface area (Å²) in [5.41, 5.74) is 1.60. The van der Waals surface area contributed by atoms with Crippen LogP contribution in [0.1, 0.15) is 42.2 Å². The predicted molar refractivity (Wildman–Crippen MR) is 110 cm³/mol. The normalized spacial score (nSPS) is 13.5. The van der Waals surface area contributed by atoms with E-state index in [1.54, 1.807) is 63.4 Å². The van der Waals surface area contributed by atoms with Crippen LogP contribution in [0.4, 0.5) is 5.69 Å². The van der Waals surface area contributed by atoms with Crippen LogP contribution in [0.15, 0.2) is 42.5 Å². The zero-order chi connectivity index (χ0) is 21.7. The first kappa shape index (κ1) is 21.2. The minimum atomic E-state index is -0.591. The highest BCUT2D eigenvalue weighted by atomic mass is 16.5. The van der Waals surface area contributed by atoms with Gasteiger partial charge in [0.05, 0.1) is 31.4 Å². The molecule has 0 aromatic heterocycles. The summed E-state index contributed by atoms with van der Waals surface area (Å²) in [6.07, 6.45) is -0.272. The fourth-order valence-corrected chi connectivity index (χ4v) is 3.02. The maximum absolute atomic E-state index is 12.9. The van der Waals surface area contributed by atoms with Gasteiger partial charge in [-0.3, -0.25) is 14.4 Å². The van der Waals surface area contributed by atoms with Crippen LogP contribution in [0.25, 0.3) is 0 Å². The molecule has 1 atom stereocenters. The van der Waals surface area contributed by atoms with Crippen LogP contribution in [0.2, 0.25) is 0 Å². The Kier molecular flexibility index (Phi) is 6.56.